The van der Waals surface area contributed by atoms with E-state index in [0.717, 1.165) is 11.1 Å². The Morgan fingerprint density at radius 1 is 1.05 bits per heavy atom. The standard InChI is InChI=1S/C35H43N3O5/c1-6-18-36(5)31(40)28-29-32(41)38(27(23-39)20-25-14-10-8-11-15-25)30(35(29)21-24(3)34(28,4)43-35)33(42)37(19-7-2)22-26-16-12-9-13-17-26/h6-17,24,27-30,39H,1-2,18-23H2,3-5H3/t24?,27-,28+,29+,30?,34-,35?/m1/s1. The normalized spacial score (nSPS) is 29.7. The number of hydrogen-bond donors (Lipinski definition) is 1. The molecule has 0 aliphatic carbocycles. The Morgan fingerprint density at radius 2 is 1.65 bits per heavy atom. The van der Waals surface area contributed by atoms with E-state index in [4.69, 9.17) is 4.74 Å². The van der Waals surface area contributed by atoms with Crippen LogP contribution in [0.5, 0.6) is 0 Å². The highest BCUT2D eigenvalue weighted by Crippen LogP contribution is 2.65. The Labute approximate surface area is 254 Å². The maximum absolute atomic E-state index is 14.8. The van der Waals surface area contributed by atoms with Crippen molar-refractivity contribution >= 4 is 17.7 Å². The third kappa shape index (κ3) is 5.10. The molecule has 7 atom stereocenters. The predicted octanol–water partition coefficient (Wildman–Crippen LogP) is 3.46. The van der Waals surface area contributed by atoms with Crippen molar-refractivity contribution in [2.24, 2.45) is 17.8 Å². The number of carbonyl (C=O) groups is 3. The van der Waals surface area contributed by atoms with E-state index in [9.17, 15) is 19.5 Å². The summed E-state index contributed by atoms with van der Waals surface area (Å²) in [4.78, 5) is 48.4. The van der Waals surface area contributed by atoms with E-state index in [0.29, 0.717) is 25.9 Å². The summed E-state index contributed by atoms with van der Waals surface area (Å²) in [6.45, 7) is 12.2. The van der Waals surface area contributed by atoms with E-state index in [1.165, 1.54) is 0 Å². The van der Waals surface area contributed by atoms with Crippen molar-refractivity contribution in [3.05, 3.63) is 97.1 Å². The average molecular weight is 586 g/mol. The number of aliphatic hydroxyl groups excluding tert-OH is 1. The minimum Gasteiger partial charge on any atom is -0.394 e. The first-order valence-corrected chi connectivity index (χ1v) is 15.1. The lowest BCUT2D eigenvalue weighted by Gasteiger charge is -2.39. The molecule has 2 bridgehead atoms. The number of carbonyl (C=O) groups excluding carboxylic acids is 3. The van der Waals surface area contributed by atoms with Gasteiger partial charge in [-0.1, -0.05) is 79.7 Å². The summed E-state index contributed by atoms with van der Waals surface area (Å²) in [5.41, 5.74) is -0.250. The first-order valence-electron chi connectivity index (χ1n) is 15.1. The highest BCUT2D eigenvalue weighted by Gasteiger charge is 2.80. The quantitative estimate of drug-likeness (QED) is 0.386. The zero-order valence-corrected chi connectivity index (χ0v) is 25.4. The van der Waals surface area contributed by atoms with Gasteiger partial charge in [-0.15, -0.1) is 13.2 Å². The van der Waals surface area contributed by atoms with E-state index in [1.807, 2.05) is 74.5 Å². The van der Waals surface area contributed by atoms with Gasteiger partial charge in [0, 0.05) is 26.7 Å². The van der Waals surface area contributed by atoms with Crippen LogP contribution >= 0.6 is 0 Å². The van der Waals surface area contributed by atoms with Crippen molar-refractivity contribution in [2.75, 3.05) is 26.7 Å². The van der Waals surface area contributed by atoms with E-state index in [2.05, 4.69) is 13.2 Å². The molecule has 1 N–H and O–H groups in total. The Morgan fingerprint density at radius 3 is 2.23 bits per heavy atom. The number of amides is 3. The van der Waals surface area contributed by atoms with E-state index < -0.39 is 35.1 Å². The lowest BCUT2D eigenvalue weighted by molar-refractivity contribution is -0.157. The summed E-state index contributed by atoms with van der Waals surface area (Å²) in [5, 5.41) is 10.7. The number of hydrogen-bond acceptors (Lipinski definition) is 5. The first kappa shape index (κ1) is 30.7. The molecule has 3 aliphatic heterocycles. The van der Waals surface area contributed by atoms with Gasteiger partial charge >= 0.3 is 0 Å². The smallest absolute Gasteiger partial charge is 0.249 e. The molecule has 43 heavy (non-hydrogen) atoms. The van der Waals surface area contributed by atoms with Crippen LogP contribution < -0.4 is 0 Å². The molecule has 3 aliphatic rings. The fourth-order valence-corrected chi connectivity index (χ4v) is 7.75. The van der Waals surface area contributed by atoms with Crippen LogP contribution in [0.4, 0.5) is 0 Å². The molecule has 0 aromatic heterocycles. The second kappa shape index (κ2) is 12.1. The van der Waals surface area contributed by atoms with Gasteiger partial charge in [-0.2, -0.15) is 0 Å². The fourth-order valence-electron chi connectivity index (χ4n) is 7.75. The van der Waals surface area contributed by atoms with Crippen molar-refractivity contribution < 1.29 is 24.2 Å². The fraction of sp³-hybridized carbons (Fsp3) is 0.457. The Bertz CT molecular complexity index is 1370. The molecule has 3 saturated heterocycles. The van der Waals surface area contributed by atoms with Crippen LogP contribution in [0.25, 0.3) is 0 Å². The maximum atomic E-state index is 14.8. The van der Waals surface area contributed by atoms with Gasteiger partial charge in [0.05, 0.1) is 30.1 Å². The molecule has 3 amide bonds. The first-order chi connectivity index (χ1) is 20.6. The summed E-state index contributed by atoms with van der Waals surface area (Å²) < 4.78 is 6.91. The highest BCUT2D eigenvalue weighted by atomic mass is 16.5. The molecule has 3 fully saturated rings. The van der Waals surface area contributed by atoms with Crippen LogP contribution in [0.1, 0.15) is 31.4 Å². The van der Waals surface area contributed by atoms with Crippen LogP contribution in [0, 0.1) is 17.8 Å². The lowest BCUT2D eigenvalue weighted by Crippen LogP contribution is -2.59. The molecule has 228 valence electrons. The molecule has 8 nitrogen and oxygen atoms in total. The van der Waals surface area contributed by atoms with E-state index >= 15 is 0 Å². The summed E-state index contributed by atoms with van der Waals surface area (Å²) in [5.74, 6) is -2.48. The number of fused-ring (bicyclic) bond motifs is 1. The minimum atomic E-state index is -1.21. The molecule has 3 unspecified atom stereocenters. The van der Waals surface area contributed by atoms with Crippen molar-refractivity contribution in [3.63, 3.8) is 0 Å². The summed E-state index contributed by atoms with van der Waals surface area (Å²) in [7, 11) is 1.70. The SMILES string of the molecule is C=CCN(C)C(=O)[C@@H]1[C@H]2C(=O)N([C@@H](CO)Cc3ccccc3)C(C(=O)N(CC=C)Cc3ccccc3)C23CC(C)[C@@]1(C)O3. The van der Waals surface area contributed by atoms with Gasteiger partial charge in [-0.3, -0.25) is 14.4 Å². The minimum absolute atomic E-state index is 0.0819. The molecule has 0 saturated carbocycles. The van der Waals surface area contributed by atoms with Gasteiger partial charge in [0.25, 0.3) is 0 Å². The molecular formula is C35H43N3O5. The Balaban J connectivity index is 1.62. The largest absolute Gasteiger partial charge is 0.394 e. The number of likely N-dealkylation sites (tertiary alicyclic amines) is 1. The van der Waals surface area contributed by atoms with Crippen LogP contribution in [0.15, 0.2) is 86.0 Å². The summed E-state index contributed by atoms with van der Waals surface area (Å²) >= 11 is 0. The zero-order valence-electron chi connectivity index (χ0n) is 25.4. The maximum Gasteiger partial charge on any atom is 0.249 e. The van der Waals surface area contributed by atoms with Gasteiger partial charge in [-0.25, -0.2) is 0 Å². The van der Waals surface area contributed by atoms with Crippen LogP contribution in [-0.2, 0) is 32.1 Å². The molecule has 2 aromatic rings. The number of ether oxygens (including phenoxy) is 1. The van der Waals surface area contributed by atoms with Crippen molar-refractivity contribution in [1.29, 1.82) is 0 Å². The van der Waals surface area contributed by atoms with Crippen molar-refractivity contribution in [1.82, 2.24) is 14.7 Å². The van der Waals surface area contributed by atoms with Gasteiger partial charge in [0.1, 0.15) is 11.6 Å². The molecule has 2 aromatic carbocycles. The van der Waals surface area contributed by atoms with Gasteiger partial charge in [0.15, 0.2) is 0 Å². The molecule has 0 radical (unpaired) electrons. The number of likely N-dealkylation sites (N-methyl/N-ethyl adjacent to an activating group) is 1. The third-order valence-corrected chi connectivity index (χ3v) is 9.83. The number of rotatable bonds is 12. The third-order valence-electron chi connectivity index (χ3n) is 9.83. The second-order valence-corrected chi connectivity index (χ2v) is 12.5. The van der Waals surface area contributed by atoms with Crippen LogP contribution in [-0.4, -0.2) is 87.6 Å². The average Bonchev–Trinajstić information content (AvgIpc) is 3.52. The van der Waals surface area contributed by atoms with Crippen molar-refractivity contribution in [2.45, 2.75) is 56.5 Å². The molecule has 5 rings (SSSR count). The monoisotopic (exact) mass is 585 g/mol. The van der Waals surface area contributed by atoms with Crippen LogP contribution in [0.3, 0.4) is 0 Å². The lowest BCUT2D eigenvalue weighted by atomic mass is 9.62. The van der Waals surface area contributed by atoms with E-state index in [-0.39, 0.29) is 36.8 Å². The van der Waals surface area contributed by atoms with E-state index in [1.54, 1.807) is 33.9 Å². The molecule has 3 heterocycles. The molecule has 1 spiro atoms. The highest BCUT2D eigenvalue weighted by molar-refractivity contribution is 5.99. The summed E-state index contributed by atoms with van der Waals surface area (Å²) in [6.07, 6.45) is 4.15. The van der Waals surface area contributed by atoms with Gasteiger partial charge in [-0.05, 0) is 36.8 Å². The number of benzene rings is 2. The number of nitrogens with zero attached hydrogens (tertiary/aromatic N) is 3. The van der Waals surface area contributed by atoms with Gasteiger partial charge < -0.3 is 24.5 Å². The van der Waals surface area contributed by atoms with Crippen LogP contribution in [0.2, 0.25) is 0 Å². The zero-order chi connectivity index (χ0) is 30.9. The van der Waals surface area contributed by atoms with Gasteiger partial charge in [0.2, 0.25) is 17.7 Å². The topological polar surface area (TPSA) is 90.4 Å². The predicted molar refractivity (Wildman–Crippen MR) is 165 cm³/mol. The Hall–Kier alpha value is -3.75. The molecular weight excluding hydrogens is 542 g/mol. The number of aliphatic hydroxyl groups is 1. The molecule has 8 heteroatoms. The second-order valence-electron chi connectivity index (χ2n) is 12.5. The Kier molecular flexibility index (Phi) is 8.63. The van der Waals surface area contributed by atoms with Crippen molar-refractivity contribution in [3.8, 4) is 0 Å². The summed E-state index contributed by atoms with van der Waals surface area (Å²) in [6, 6.07) is 17.6.